The molecule has 4 nitrogen and oxygen atoms in total. The van der Waals surface area contributed by atoms with E-state index in [0.717, 1.165) is 33.0 Å². The minimum absolute atomic E-state index is 0.0884. The summed E-state index contributed by atoms with van der Waals surface area (Å²) in [5.41, 5.74) is 2.63. The van der Waals surface area contributed by atoms with Gasteiger partial charge in [-0.25, -0.2) is 0 Å². The first-order chi connectivity index (χ1) is 12.7. The van der Waals surface area contributed by atoms with Gasteiger partial charge >= 0.3 is 0 Å². The quantitative estimate of drug-likeness (QED) is 0.584. The standard InChI is InChI=1S/C19H17BrN2O2S2/c1-24-15-5-4-12(20)10-14(15)21-18(23)17-13-6-9-25-11-16(13)26-19(17)22-7-2-3-8-22/h2-5,7-8,10H,6,9,11H2,1H3,(H,21,23). The Hall–Kier alpha value is -1.70. The molecular formula is C19H17BrN2O2S2. The number of anilines is 1. The molecule has 1 aliphatic heterocycles. The van der Waals surface area contributed by atoms with Gasteiger partial charge in [-0.1, -0.05) is 15.9 Å². The van der Waals surface area contributed by atoms with Crippen molar-refractivity contribution >= 4 is 50.6 Å². The van der Waals surface area contributed by atoms with Crippen LogP contribution in [0.5, 0.6) is 5.75 Å². The summed E-state index contributed by atoms with van der Waals surface area (Å²) in [7, 11) is 1.60. The normalized spacial score (nSPS) is 13.3. The van der Waals surface area contributed by atoms with Gasteiger partial charge in [-0.2, -0.15) is 11.8 Å². The van der Waals surface area contributed by atoms with E-state index in [0.29, 0.717) is 11.4 Å². The Labute approximate surface area is 168 Å². The number of fused-ring (bicyclic) bond motifs is 1. The summed E-state index contributed by atoms with van der Waals surface area (Å²) in [4.78, 5) is 14.5. The maximum atomic E-state index is 13.2. The monoisotopic (exact) mass is 448 g/mol. The molecule has 1 aliphatic rings. The van der Waals surface area contributed by atoms with Crippen molar-refractivity contribution in [3.8, 4) is 10.8 Å². The zero-order chi connectivity index (χ0) is 18.1. The average molecular weight is 449 g/mol. The Morgan fingerprint density at radius 2 is 2.12 bits per heavy atom. The smallest absolute Gasteiger partial charge is 0.259 e. The number of hydrogen-bond acceptors (Lipinski definition) is 4. The molecule has 0 aliphatic carbocycles. The first-order valence-corrected chi connectivity index (χ1v) is 10.9. The molecule has 1 aromatic carbocycles. The van der Waals surface area contributed by atoms with Crippen LogP contribution < -0.4 is 10.1 Å². The Kier molecular flexibility index (Phi) is 5.11. The molecule has 0 spiro atoms. The van der Waals surface area contributed by atoms with E-state index in [1.165, 1.54) is 10.4 Å². The molecule has 0 saturated carbocycles. The van der Waals surface area contributed by atoms with E-state index >= 15 is 0 Å². The number of ether oxygens (including phenoxy) is 1. The highest BCUT2D eigenvalue weighted by Gasteiger charge is 2.26. The molecule has 4 rings (SSSR count). The van der Waals surface area contributed by atoms with Crippen LogP contribution in [0.2, 0.25) is 0 Å². The largest absolute Gasteiger partial charge is 0.495 e. The molecule has 3 heterocycles. The van der Waals surface area contributed by atoms with E-state index < -0.39 is 0 Å². The van der Waals surface area contributed by atoms with Crippen molar-refractivity contribution in [1.29, 1.82) is 0 Å². The van der Waals surface area contributed by atoms with Crippen LogP contribution in [0.4, 0.5) is 5.69 Å². The first kappa shape index (κ1) is 17.7. The minimum atomic E-state index is -0.0884. The lowest BCUT2D eigenvalue weighted by Crippen LogP contribution is -2.17. The molecule has 0 saturated heterocycles. The van der Waals surface area contributed by atoms with Crippen molar-refractivity contribution in [2.45, 2.75) is 12.2 Å². The number of aromatic nitrogens is 1. The lowest BCUT2D eigenvalue weighted by atomic mass is 10.1. The number of amides is 1. The highest BCUT2D eigenvalue weighted by Crippen LogP contribution is 2.39. The topological polar surface area (TPSA) is 43.3 Å². The molecule has 1 N–H and O–H groups in total. The van der Waals surface area contributed by atoms with Crippen molar-refractivity contribution < 1.29 is 9.53 Å². The van der Waals surface area contributed by atoms with Crippen LogP contribution in [0, 0.1) is 0 Å². The molecule has 134 valence electrons. The van der Waals surface area contributed by atoms with E-state index in [1.807, 2.05) is 59.1 Å². The molecule has 3 aromatic rings. The molecular weight excluding hydrogens is 432 g/mol. The van der Waals surface area contributed by atoms with E-state index in [-0.39, 0.29) is 5.91 Å². The number of rotatable bonds is 4. The Morgan fingerprint density at radius 1 is 1.31 bits per heavy atom. The van der Waals surface area contributed by atoms with Crippen LogP contribution in [0.15, 0.2) is 47.2 Å². The summed E-state index contributed by atoms with van der Waals surface area (Å²) in [6.07, 6.45) is 4.90. The highest BCUT2D eigenvalue weighted by atomic mass is 79.9. The van der Waals surface area contributed by atoms with Crippen LogP contribution >= 0.6 is 39.0 Å². The number of methoxy groups -OCH3 is 1. The van der Waals surface area contributed by atoms with Crippen LogP contribution in [-0.2, 0) is 12.2 Å². The van der Waals surface area contributed by atoms with Gasteiger partial charge in [0.25, 0.3) is 5.91 Å². The van der Waals surface area contributed by atoms with Crippen molar-refractivity contribution in [3.05, 3.63) is 63.2 Å². The lowest BCUT2D eigenvalue weighted by molar-refractivity contribution is 0.102. The number of hydrogen-bond donors (Lipinski definition) is 1. The Bertz CT molecular complexity index is 951. The Morgan fingerprint density at radius 3 is 2.88 bits per heavy atom. The van der Waals surface area contributed by atoms with Gasteiger partial charge in [0.1, 0.15) is 10.8 Å². The molecule has 26 heavy (non-hydrogen) atoms. The van der Waals surface area contributed by atoms with Crippen molar-refractivity contribution in [2.75, 3.05) is 18.2 Å². The van der Waals surface area contributed by atoms with Gasteiger partial charge in [0.2, 0.25) is 0 Å². The third-order valence-corrected chi connectivity index (χ3v) is 7.18. The Balaban J connectivity index is 1.76. The van der Waals surface area contributed by atoms with Crippen molar-refractivity contribution in [2.24, 2.45) is 0 Å². The number of thioether (sulfide) groups is 1. The molecule has 0 fully saturated rings. The van der Waals surface area contributed by atoms with Crippen molar-refractivity contribution in [1.82, 2.24) is 4.57 Å². The molecule has 1 amide bonds. The van der Waals surface area contributed by atoms with Crippen LogP contribution in [-0.4, -0.2) is 23.3 Å². The number of nitrogens with one attached hydrogen (secondary N) is 1. The summed E-state index contributed by atoms with van der Waals surface area (Å²) in [6, 6.07) is 9.55. The summed E-state index contributed by atoms with van der Waals surface area (Å²) in [6.45, 7) is 0. The summed E-state index contributed by atoms with van der Waals surface area (Å²) in [5, 5.41) is 4.03. The predicted molar refractivity (Wildman–Crippen MR) is 112 cm³/mol. The van der Waals surface area contributed by atoms with Gasteiger partial charge in [-0.3, -0.25) is 4.79 Å². The number of nitrogens with zero attached hydrogens (tertiary/aromatic N) is 1. The van der Waals surface area contributed by atoms with Crippen LogP contribution in [0.3, 0.4) is 0 Å². The average Bonchev–Trinajstić information content (AvgIpc) is 3.29. The van der Waals surface area contributed by atoms with Gasteiger partial charge in [0, 0.05) is 27.5 Å². The zero-order valence-electron chi connectivity index (χ0n) is 14.1. The summed E-state index contributed by atoms with van der Waals surface area (Å²) < 4.78 is 8.31. The van der Waals surface area contributed by atoms with Gasteiger partial charge < -0.3 is 14.6 Å². The fourth-order valence-electron chi connectivity index (χ4n) is 3.07. The first-order valence-electron chi connectivity index (χ1n) is 8.18. The van der Waals surface area contributed by atoms with E-state index in [4.69, 9.17) is 4.74 Å². The number of thiophene rings is 1. The minimum Gasteiger partial charge on any atom is -0.495 e. The maximum Gasteiger partial charge on any atom is 0.259 e. The van der Waals surface area contributed by atoms with Crippen molar-refractivity contribution in [3.63, 3.8) is 0 Å². The lowest BCUT2D eigenvalue weighted by Gasteiger charge is -2.14. The van der Waals surface area contributed by atoms with E-state index in [1.54, 1.807) is 18.4 Å². The van der Waals surface area contributed by atoms with Gasteiger partial charge in [-0.15, -0.1) is 11.3 Å². The molecule has 7 heteroatoms. The van der Waals surface area contributed by atoms with Gasteiger partial charge in [0.15, 0.2) is 0 Å². The number of benzene rings is 1. The zero-order valence-corrected chi connectivity index (χ0v) is 17.3. The fourth-order valence-corrected chi connectivity index (χ4v) is 5.87. The molecule has 0 atom stereocenters. The molecule has 0 unspecified atom stereocenters. The van der Waals surface area contributed by atoms with Gasteiger partial charge in [0.05, 0.1) is 18.4 Å². The third kappa shape index (κ3) is 3.31. The maximum absolute atomic E-state index is 13.2. The second kappa shape index (κ2) is 7.50. The summed E-state index contributed by atoms with van der Waals surface area (Å²) in [5.74, 6) is 2.58. The second-order valence-corrected chi connectivity index (χ2v) is 8.98. The highest BCUT2D eigenvalue weighted by molar-refractivity contribution is 9.10. The third-order valence-electron chi connectivity index (χ3n) is 4.28. The second-order valence-electron chi connectivity index (χ2n) is 5.88. The fraction of sp³-hybridized carbons (Fsp3) is 0.211. The number of carbonyl (C=O) groups excluding carboxylic acids is 1. The SMILES string of the molecule is COc1ccc(Br)cc1NC(=O)c1c(-n2cccc2)sc2c1CCSC2. The molecule has 0 radical (unpaired) electrons. The van der Waals surface area contributed by atoms with E-state index in [2.05, 4.69) is 21.2 Å². The van der Waals surface area contributed by atoms with Gasteiger partial charge in [-0.05, 0) is 48.1 Å². The number of halogens is 1. The molecule has 2 aromatic heterocycles. The van der Waals surface area contributed by atoms with Crippen LogP contribution in [0.1, 0.15) is 20.8 Å². The van der Waals surface area contributed by atoms with E-state index in [9.17, 15) is 4.79 Å². The van der Waals surface area contributed by atoms with Crippen LogP contribution in [0.25, 0.3) is 5.00 Å². The molecule has 0 bridgehead atoms. The predicted octanol–water partition coefficient (Wildman–Crippen LogP) is 5.35. The summed E-state index contributed by atoms with van der Waals surface area (Å²) >= 11 is 7.09. The number of carbonyl (C=O) groups is 1.